The molecule has 4 atom stereocenters. The standard InChI is InChI=1S/C32H39NO10/c1-33-21-16-22(42-29(34)10-8-19-12-25(36-2)31(40-6)26(13-19)37-3)18-23(33)24(17-21)43-30(35)11-9-20-14-27(38-4)32(41-7)28(15-20)39-5/h8-15,21-24H,16-18H2,1-7H3/b10-8+,11-9+/t21-,22-,23+,24-/m0/s1. The van der Waals surface area contributed by atoms with E-state index < -0.39 is 11.9 Å². The third-order valence-electron chi connectivity index (χ3n) is 7.82. The normalized spacial score (nSPS) is 21.5. The predicted octanol–water partition coefficient (Wildman–Crippen LogP) is 4.15. The molecule has 4 rings (SSSR count). The average molecular weight is 598 g/mol. The van der Waals surface area contributed by atoms with E-state index in [9.17, 15) is 9.59 Å². The first-order valence-electron chi connectivity index (χ1n) is 13.8. The molecule has 43 heavy (non-hydrogen) atoms. The lowest BCUT2D eigenvalue weighted by molar-refractivity contribution is -0.149. The monoisotopic (exact) mass is 597 g/mol. The molecule has 0 amide bonds. The van der Waals surface area contributed by atoms with Crippen LogP contribution in [-0.4, -0.2) is 90.8 Å². The van der Waals surface area contributed by atoms with Gasteiger partial charge in [0.25, 0.3) is 0 Å². The SMILES string of the molecule is COc1cc(/C=C/C(=O)O[C@H]2C[C@H]3C[C@H](OC(=O)/C=C/c4cc(OC)c(OC)c(OC)c4)[C@@H](C2)N3C)cc(OC)c1OC. The van der Waals surface area contributed by atoms with E-state index in [-0.39, 0.29) is 24.3 Å². The predicted molar refractivity (Wildman–Crippen MR) is 159 cm³/mol. The second kappa shape index (κ2) is 14.2. The molecule has 2 aliphatic heterocycles. The van der Waals surface area contributed by atoms with E-state index in [4.69, 9.17) is 37.9 Å². The van der Waals surface area contributed by atoms with Gasteiger partial charge in [0, 0.05) is 37.5 Å². The molecule has 2 fully saturated rings. The van der Waals surface area contributed by atoms with Gasteiger partial charge < -0.3 is 37.9 Å². The Morgan fingerprint density at radius 2 is 1.09 bits per heavy atom. The van der Waals surface area contributed by atoms with Crippen LogP contribution in [0.15, 0.2) is 36.4 Å². The van der Waals surface area contributed by atoms with Crippen LogP contribution in [0.1, 0.15) is 30.4 Å². The van der Waals surface area contributed by atoms with Crippen molar-refractivity contribution in [2.75, 3.05) is 49.7 Å². The Bertz CT molecular complexity index is 1320. The summed E-state index contributed by atoms with van der Waals surface area (Å²) in [4.78, 5) is 27.7. The van der Waals surface area contributed by atoms with E-state index >= 15 is 0 Å². The third-order valence-corrected chi connectivity index (χ3v) is 7.82. The van der Waals surface area contributed by atoms with Gasteiger partial charge in [-0.2, -0.15) is 0 Å². The Morgan fingerprint density at radius 3 is 1.51 bits per heavy atom. The number of benzene rings is 2. The van der Waals surface area contributed by atoms with Crippen LogP contribution in [0.4, 0.5) is 0 Å². The first kappa shape index (κ1) is 31.6. The zero-order valence-electron chi connectivity index (χ0n) is 25.6. The van der Waals surface area contributed by atoms with Crippen LogP contribution in [0.3, 0.4) is 0 Å². The highest BCUT2D eigenvalue weighted by Crippen LogP contribution is 2.40. The van der Waals surface area contributed by atoms with Gasteiger partial charge in [-0.15, -0.1) is 0 Å². The highest BCUT2D eigenvalue weighted by atomic mass is 16.6. The van der Waals surface area contributed by atoms with E-state index in [1.54, 1.807) is 36.4 Å². The van der Waals surface area contributed by atoms with Gasteiger partial charge in [-0.25, -0.2) is 9.59 Å². The minimum atomic E-state index is -0.457. The maximum atomic E-state index is 12.8. The highest BCUT2D eigenvalue weighted by Gasteiger charge is 2.47. The summed E-state index contributed by atoms with van der Waals surface area (Å²) in [5.41, 5.74) is 1.39. The van der Waals surface area contributed by atoms with Crippen molar-refractivity contribution in [1.29, 1.82) is 0 Å². The van der Waals surface area contributed by atoms with Gasteiger partial charge in [0.1, 0.15) is 12.2 Å². The van der Waals surface area contributed by atoms with Crippen molar-refractivity contribution in [3.05, 3.63) is 47.5 Å². The van der Waals surface area contributed by atoms with Crippen molar-refractivity contribution in [3.8, 4) is 34.5 Å². The van der Waals surface area contributed by atoms with E-state index in [1.807, 2.05) is 7.05 Å². The number of esters is 2. The van der Waals surface area contributed by atoms with Gasteiger partial charge in [0.15, 0.2) is 23.0 Å². The number of methoxy groups -OCH3 is 6. The summed E-state index contributed by atoms with van der Waals surface area (Å²) in [7, 11) is 11.2. The summed E-state index contributed by atoms with van der Waals surface area (Å²) in [6.45, 7) is 0. The number of fused-ring (bicyclic) bond motifs is 2. The summed E-state index contributed by atoms with van der Waals surface area (Å²) in [6.07, 6.45) is 7.33. The Kier molecular flexibility index (Phi) is 10.4. The molecule has 0 N–H and O–H groups in total. The summed E-state index contributed by atoms with van der Waals surface area (Å²) < 4.78 is 43.9. The second-order valence-electron chi connectivity index (χ2n) is 10.2. The molecule has 2 aromatic carbocycles. The molecule has 0 aliphatic carbocycles. The summed E-state index contributed by atoms with van der Waals surface area (Å²) >= 11 is 0. The van der Waals surface area contributed by atoms with Gasteiger partial charge in [-0.3, -0.25) is 4.90 Å². The number of likely N-dealkylation sites (N-methyl/N-ethyl adjacent to an activating group) is 1. The molecular formula is C32H39NO10. The van der Waals surface area contributed by atoms with Crippen molar-refractivity contribution < 1.29 is 47.5 Å². The van der Waals surface area contributed by atoms with Crippen LogP contribution in [-0.2, 0) is 19.1 Å². The fourth-order valence-corrected chi connectivity index (χ4v) is 5.71. The molecular weight excluding hydrogens is 558 g/mol. The number of ether oxygens (including phenoxy) is 8. The number of carbonyl (C=O) groups is 2. The summed E-state index contributed by atoms with van der Waals surface area (Å²) in [5, 5.41) is 0. The van der Waals surface area contributed by atoms with E-state index in [1.165, 1.54) is 54.8 Å². The van der Waals surface area contributed by atoms with Gasteiger partial charge in [0.05, 0.1) is 48.7 Å². The van der Waals surface area contributed by atoms with Crippen LogP contribution < -0.4 is 28.4 Å². The number of rotatable bonds is 12. The average Bonchev–Trinajstić information content (AvgIpc) is 3.17. The van der Waals surface area contributed by atoms with Crippen LogP contribution in [0.5, 0.6) is 34.5 Å². The second-order valence-corrected chi connectivity index (χ2v) is 10.2. The summed E-state index contributed by atoms with van der Waals surface area (Å²) in [5.74, 6) is 1.98. The van der Waals surface area contributed by atoms with Crippen LogP contribution in [0.25, 0.3) is 12.2 Å². The minimum absolute atomic E-state index is 0.0610. The topological polar surface area (TPSA) is 111 Å². The maximum absolute atomic E-state index is 12.8. The number of hydrogen-bond donors (Lipinski definition) is 0. The molecule has 0 spiro atoms. The molecule has 2 bridgehead atoms. The van der Waals surface area contributed by atoms with Crippen LogP contribution in [0, 0.1) is 0 Å². The lowest BCUT2D eigenvalue weighted by Gasteiger charge is -2.36. The molecule has 2 saturated heterocycles. The van der Waals surface area contributed by atoms with E-state index in [0.717, 1.165) is 0 Å². The van der Waals surface area contributed by atoms with Gasteiger partial charge in [0.2, 0.25) is 11.5 Å². The number of nitrogens with zero attached hydrogens (tertiary/aromatic N) is 1. The zero-order chi connectivity index (χ0) is 31.1. The quantitative estimate of drug-likeness (QED) is 0.260. The van der Waals surface area contributed by atoms with Crippen molar-refractivity contribution in [3.63, 3.8) is 0 Å². The molecule has 232 valence electrons. The van der Waals surface area contributed by atoms with E-state index in [0.29, 0.717) is 64.9 Å². The fraction of sp³-hybridized carbons (Fsp3) is 0.438. The van der Waals surface area contributed by atoms with Crippen molar-refractivity contribution in [2.45, 2.75) is 43.6 Å². The largest absolute Gasteiger partial charge is 0.493 e. The fourth-order valence-electron chi connectivity index (χ4n) is 5.71. The maximum Gasteiger partial charge on any atom is 0.331 e. The van der Waals surface area contributed by atoms with Crippen molar-refractivity contribution in [2.24, 2.45) is 0 Å². The molecule has 0 radical (unpaired) electrons. The Morgan fingerprint density at radius 1 is 0.651 bits per heavy atom. The third kappa shape index (κ3) is 7.16. The highest BCUT2D eigenvalue weighted by molar-refractivity contribution is 5.88. The van der Waals surface area contributed by atoms with E-state index in [2.05, 4.69) is 4.90 Å². The lowest BCUT2D eigenvalue weighted by atomic mass is 10.0. The zero-order valence-corrected chi connectivity index (χ0v) is 25.6. The number of carbonyl (C=O) groups excluding carboxylic acids is 2. The minimum Gasteiger partial charge on any atom is -0.493 e. The van der Waals surface area contributed by atoms with Gasteiger partial charge in [-0.1, -0.05) is 0 Å². The smallest absolute Gasteiger partial charge is 0.331 e. The first-order chi connectivity index (χ1) is 20.7. The Balaban J connectivity index is 1.36. The van der Waals surface area contributed by atoms with Gasteiger partial charge >= 0.3 is 11.9 Å². The molecule has 2 heterocycles. The molecule has 0 unspecified atom stereocenters. The molecule has 0 saturated carbocycles. The molecule has 2 aliphatic rings. The van der Waals surface area contributed by atoms with Gasteiger partial charge in [-0.05, 0) is 54.6 Å². The Hall–Kier alpha value is -4.38. The van der Waals surface area contributed by atoms with Crippen molar-refractivity contribution >= 4 is 24.1 Å². The molecule has 0 aromatic heterocycles. The lowest BCUT2D eigenvalue weighted by Crippen LogP contribution is -2.45. The Labute approximate surface area is 251 Å². The first-order valence-corrected chi connectivity index (χ1v) is 13.8. The number of hydrogen-bond acceptors (Lipinski definition) is 11. The van der Waals surface area contributed by atoms with Crippen LogP contribution >= 0.6 is 0 Å². The summed E-state index contributed by atoms with van der Waals surface area (Å²) in [6, 6.07) is 7.06. The van der Waals surface area contributed by atoms with Crippen molar-refractivity contribution in [1.82, 2.24) is 4.90 Å². The van der Waals surface area contributed by atoms with Crippen LogP contribution in [0.2, 0.25) is 0 Å². The molecule has 11 nitrogen and oxygen atoms in total. The molecule has 2 aromatic rings. The molecule has 11 heteroatoms. The number of piperidine rings is 1.